The summed E-state index contributed by atoms with van der Waals surface area (Å²) >= 11 is 0. The number of hydrogen-bond acceptors (Lipinski definition) is 2. The minimum absolute atomic E-state index is 0.471. The van der Waals surface area contributed by atoms with Crippen LogP contribution in [0.4, 0.5) is 0 Å². The van der Waals surface area contributed by atoms with Gasteiger partial charge in [0.15, 0.2) is 0 Å². The van der Waals surface area contributed by atoms with Gasteiger partial charge >= 0.3 is 0 Å². The molecule has 0 heterocycles. The van der Waals surface area contributed by atoms with Gasteiger partial charge in [-0.2, -0.15) is 0 Å². The topological polar surface area (TPSA) is 35.2 Å². The number of ether oxygens (including phenoxy) is 1. The first-order chi connectivity index (χ1) is 8.67. The van der Waals surface area contributed by atoms with Crippen LogP contribution >= 0.6 is 0 Å². The van der Waals surface area contributed by atoms with Gasteiger partial charge in [0.05, 0.1) is 7.11 Å². The molecule has 1 atom stereocenters. The van der Waals surface area contributed by atoms with Crippen LogP contribution in [0.1, 0.15) is 37.7 Å². The summed E-state index contributed by atoms with van der Waals surface area (Å²) in [7, 11) is 1.72. The van der Waals surface area contributed by atoms with Gasteiger partial charge in [-0.1, -0.05) is 12.1 Å². The smallest absolute Gasteiger partial charge is 0.118 e. The lowest BCUT2D eigenvalue weighted by Gasteiger charge is -2.73. The second-order valence-electron chi connectivity index (χ2n) is 6.76. The van der Waals surface area contributed by atoms with E-state index >= 15 is 0 Å². The summed E-state index contributed by atoms with van der Waals surface area (Å²) in [4.78, 5) is 0. The van der Waals surface area contributed by atoms with Crippen LogP contribution in [0.15, 0.2) is 24.3 Å². The summed E-state index contributed by atoms with van der Waals surface area (Å²) in [5.74, 6) is 1.80. The van der Waals surface area contributed by atoms with Crippen LogP contribution in [-0.2, 0) is 5.41 Å². The summed E-state index contributed by atoms with van der Waals surface area (Å²) in [5, 5.41) is 0. The van der Waals surface area contributed by atoms with Crippen molar-refractivity contribution < 1.29 is 4.74 Å². The van der Waals surface area contributed by atoms with E-state index in [9.17, 15) is 0 Å². The minimum atomic E-state index is 0.471. The van der Waals surface area contributed by atoms with Crippen molar-refractivity contribution in [1.82, 2.24) is 0 Å². The number of benzene rings is 1. The van der Waals surface area contributed by atoms with E-state index in [1.54, 1.807) is 7.11 Å². The predicted molar refractivity (Wildman–Crippen MR) is 71.7 cm³/mol. The lowest BCUT2D eigenvalue weighted by molar-refractivity contribution is -0.161. The van der Waals surface area contributed by atoms with Crippen molar-refractivity contribution in [2.45, 2.75) is 43.6 Å². The Kier molecular flexibility index (Phi) is 1.99. The Balaban J connectivity index is 1.49. The van der Waals surface area contributed by atoms with Gasteiger partial charge in [-0.25, -0.2) is 0 Å². The molecule has 4 aliphatic rings. The number of nitrogens with two attached hydrogens (primary N) is 1. The van der Waals surface area contributed by atoms with Crippen LogP contribution in [0.2, 0.25) is 0 Å². The van der Waals surface area contributed by atoms with E-state index in [0.717, 1.165) is 11.7 Å². The van der Waals surface area contributed by atoms with Crippen LogP contribution < -0.4 is 10.5 Å². The summed E-state index contributed by atoms with van der Waals surface area (Å²) in [6.07, 6.45) is 6.72. The Morgan fingerprint density at radius 3 is 2.28 bits per heavy atom. The highest BCUT2D eigenvalue weighted by atomic mass is 16.5. The standard InChI is InChI=1S/C16H21NO/c1-18-13-6-4-12(5-7-13)15-8-16(9-15,10-15)14(17)11-2-3-11/h4-7,11,14H,2-3,8-10,17H2,1H3. The van der Waals surface area contributed by atoms with Crippen LogP contribution in [0.25, 0.3) is 0 Å². The molecule has 4 saturated carbocycles. The monoisotopic (exact) mass is 243 g/mol. The number of hydrogen-bond donors (Lipinski definition) is 1. The van der Waals surface area contributed by atoms with E-state index < -0.39 is 0 Å². The third-order valence-corrected chi connectivity index (χ3v) is 5.61. The Hall–Kier alpha value is -1.02. The van der Waals surface area contributed by atoms with Gasteiger partial charge < -0.3 is 10.5 Å². The minimum Gasteiger partial charge on any atom is -0.497 e. The average Bonchev–Trinajstić information content (AvgIpc) is 3.10. The van der Waals surface area contributed by atoms with E-state index in [4.69, 9.17) is 10.5 Å². The molecule has 0 radical (unpaired) electrons. The number of methoxy groups -OCH3 is 1. The molecule has 1 aromatic carbocycles. The molecule has 0 saturated heterocycles. The quantitative estimate of drug-likeness (QED) is 0.882. The second-order valence-corrected chi connectivity index (χ2v) is 6.76. The maximum absolute atomic E-state index is 6.42. The third kappa shape index (κ3) is 1.27. The highest BCUT2D eigenvalue weighted by Crippen LogP contribution is 2.76. The van der Waals surface area contributed by atoms with Gasteiger partial charge in [-0.05, 0) is 66.5 Å². The molecular formula is C16H21NO. The van der Waals surface area contributed by atoms with Gasteiger partial charge in [0.1, 0.15) is 5.75 Å². The average molecular weight is 243 g/mol. The molecule has 0 spiro atoms. The van der Waals surface area contributed by atoms with Gasteiger partial charge in [-0.15, -0.1) is 0 Å². The maximum Gasteiger partial charge on any atom is 0.118 e. The van der Waals surface area contributed by atoms with Crippen molar-refractivity contribution in [3.8, 4) is 5.75 Å². The summed E-state index contributed by atoms with van der Waals surface area (Å²) in [5.41, 5.74) is 8.90. The Morgan fingerprint density at radius 2 is 1.78 bits per heavy atom. The molecule has 96 valence electrons. The molecular weight excluding hydrogens is 222 g/mol. The molecule has 2 nitrogen and oxygen atoms in total. The fourth-order valence-electron chi connectivity index (χ4n) is 4.43. The Labute approximate surface area is 109 Å². The zero-order valence-electron chi connectivity index (χ0n) is 11.0. The van der Waals surface area contributed by atoms with E-state index in [2.05, 4.69) is 24.3 Å². The van der Waals surface area contributed by atoms with E-state index in [1.165, 1.54) is 37.7 Å². The van der Waals surface area contributed by atoms with E-state index in [0.29, 0.717) is 16.9 Å². The zero-order valence-corrected chi connectivity index (χ0v) is 11.0. The van der Waals surface area contributed by atoms with Crippen LogP contribution in [-0.4, -0.2) is 13.2 Å². The first-order valence-corrected chi connectivity index (χ1v) is 7.08. The lowest BCUT2D eigenvalue weighted by atomic mass is 9.31. The van der Waals surface area contributed by atoms with Gasteiger partial charge in [0, 0.05) is 6.04 Å². The molecule has 1 unspecified atom stereocenters. The molecule has 2 bridgehead atoms. The van der Waals surface area contributed by atoms with Crippen LogP contribution in [0.3, 0.4) is 0 Å². The Bertz CT molecular complexity index is 455. The molecule has 4 fully saturated rings. The highest BCUT2D eigenvalue weighted by Gasteiger charge is 2.71. The number of rotatable bonds is 4. The molecule has 0 amide bonds. The van der Waals surface area contributed by atoms with Crippen LogP contribution in [0, 0.1) is 11.3 Å². The summed E-state index contributed by atoms with van der Waals surface area (Å²) < 4.78 is 5.22. The van der Waals surface area contributed by atoms with E-state index in [1.807, 2.05) is 0 Å². The Morgan fingerprint density at radius 1 is 1.17 bits per heavy atom. The SMILES string of the molecule is COc1ccc(C23CC(C(N)C4CC4)(C2)C3)cc1. The van der Waals surface area contributed by atoms with Crippen molar-refractivity contribution in [2.24, 2.45) is 17.1 Å². The fourth-order valence-corrected chi connectivity index (χ4v) is 4.43. The van der Waals surface area contributed by atoms with Gasteiger partial charge in [0.2, 0.25) is 0 Å². The molecule has 0 aliphatic heterocycles. The molecule has 0 aromatic heterocycles. The van der Waals surface area contributed by atoms with Gasteiger partial charge in [-0.3, -0.25) is 0 Å². The predicted octanol–water partition coefficient (Wildman–Crippen LogP) is 2.85. The second kappa shape index (κ2) is 3.30. The largest absolute Gasteiger partial charge is 0.497 e. The van der Waals surface area contributed by atoms with Crippen molar-refractivity contribution >= 4 is 0 Å². The van der Waals surface area contributed by atoms with Crippen molar-refractivity contribution in [3.05, 3.63) is 29.8 Å². The lowest BCUT2D eigenvalue weighted by Crippen LogP contribution is -2.71. The zero-order chi connectivity index (χ0) is 12.4. The molecule has 5 rings (SSSR count). The van der Waals surface area contributed by atoms with Crippen molar-refractivity contribution in [3.63, 3.8) is 0 Å². The third-order valence-electron chi connectivity index (χ3n) is 5.61. The molecule has 1 aromatic rings. The molecule has 18 heavy (non-hydrogen) atoms. The molecule has 2 N–H and O–H groups in total. The first-order valence-electron chi connectivity index (χ1n) is 7.08. The van der Waals surface area contributed by atoms with Crippen molar-refractivity contribution in [2.75, 3.05) is 7.11 Å². The normalized spacial score (nSPS) is 38.6. The highest BCUT2D eigenvalue weighted by molar-refractivity contribution is 5.42. The van der Waals surface area contributed by atoms with Crippen molar-refractivity contribution in [1.29, 1.82) is 0 Å². The van der Waals surface area contributed by atoms with Crippen LogP contribution in [0.5, 0.6) is 5.75 Å². The summed E-state index contributed by atoms with van der Waals surface area (Å²) in [6, 6.07) is 9.14. The molecule has 4 aliphatic carbocycles. The maximum atomic E-state index is 6.42. The van der Waals surface area contributed by atoms with Gasteiger partial charge in [0.25, 0.3) is 0 Å². The van der Waals surface area contributed by atoms with E-state index in [-0.39, 0.29) is 0 Å². The summed E-state index contributed by atoms with van der Waals surface area (Å²) in [6.45, 7) is 0. The fraction of sp³-hybridized carbons (Fsp3) is 0.625. The molecule has 2 heteroatoms. The first kappa shape index (κ1) is 10.9.